The fourth-order valence-corrected chi connectivity index (χ4v) is 7.16. The van der Waals surface area contributed by atoms with Crippen LogP contribution in [0.5, 0.6) is 11.5 Å². The lowest BCUT2D eigenvalue weighted by Crippen LogP contribution is -2.55. The summed E-state index contributed by atoms with van der Waals surface area (Å²) in [5.74, 6) is -2.92. The predicted octanol–water partition coefficient (Wildman–Crippen LogP) is 6.90. The number of halogens is 4. The van der Waals surface area contributed by atoms with Crippen molar-refractivity contribution in [3.05, 3.63) is 125 Å². The summed E-state index contributed by atoms with van der Waals surface area (Å²) < 4.78 is 119. The van der Waals surface area contributed by atoms with Crippen LogP contribution in [0.25, 0.3) is 0 Å². The number of nitrogens with one attached hydrogen (secondary N) is 1. The average molecular weight is 807 g/mol. The van der Waals surface area contributed by atoms with Crippen molar-refractivity contribution in [3.63, 3.8) is 0 Å². The molecule has 1 N–H and O–H groups in total. The van der Waals surface area contributed by atoms with Gasteiger partial charge in [-0.1, -0.05) is 54.6 Å². The van der Waals surface area contributed by atoms with E-state index in [1.807, 2.05) is 0 Å². The number of amides is 1. The smallest absolute Gasteiger partial charge is 0.488 e. The number of ether oxygens (including phenoxy) is 2. The largest absolute Gasteiger partial charge is 0.534 e. The number of anilines is 1. The molecule has 0 aromatic heterocycles. The first-order valence-corrected chi connectivity index (χ1v) is 20.3. The maximum absolute atomic E-state index is 14.0. The number of esters is 1. The molecular weight excluding hydrogens is 769 g/mol. The molecule has 3 atom stereocenters. The van der Waals surface area contributed by atoms with Crippen LogP contribution < -0.4 is 18.5 Å². The van der Waals surface area contributed by atoms with E-state index in [-0.39, 0.29) is 37.6 Å². The van der Waals surface area contributed by atoms with Gasteiger partial charge in [0, 0.05) is 30.8 Å². The minimum atomic E-state index is -6.03. The lowest BCUT2D eigenvalue weighted by atomic mass is 9.77. The summed E-state index contributed by atoms with van der Waals surface area (Å²) in [6, 6.07) is 23.7. The highest BCUT2D eigenvalue weighted by molar-refractivity contribution is 7.88. The molecule has 294 valence electrons. The zero-order valence-corrected chi connectivity index (χ0v) is 31.3. The Labute approximate surface area is 316 Å². The molecule has 17 heteroatoms. The zero-order valence-electron chi connectivity index (χ0n) is 29.7. The molecule has 1 fully saturated rings. The molecule has 1 amide bonds. The van der Waals surface area contributed by atoms with E-state index in [1.165, 1.54) is 42.2 Å². The molecule has 55 heavy (non-hydrogen) atoms. The average Bonchev–Trinajstić information content (AvgIpc) is 3.11. The summed E-state index contributed by atoms with van der Waals surface area (Å²) in [5, 5.41) is 0. The van der Waals surface area contributed by atoms with E-state index in [1.54, 1.807) is 54.6 Å². The van der Waals surface area contributed by atoms with Crippen molar-refractivity contribution in [2.45, 2.75) is 56.9 Å². The van der Waals surface area contributed by atoms with Crippen molar-refractivity contribution in [1.82, 2.24) is 4.72 Å². The van der Waals surface area contributed by atoms with E-state index >= 15 is 0 Å². The van der Waals surface area contributed by atoms with Gasteiger partial charge in [-0.3, -0.25) is 9.59 Å². The Kier molecular flexibility index (Phi) is 12.9. The Morgan fingerprint density at radius 1 is 0.909 bits per heavy atom. The third kappa shape index (κ3) is 10.8. The number of nitrogens with zero attached hydrogens (tertiary/aromatic N) is 1. The summed E-state index contributed by atoms with van der Waals surface area (Å²) >= 11 is 0. The lowest BCUT2D eigenvalue weighted by molar-refractivity contribution is -0.147. The van der Waals surface area contributed by atoms with Gasteiger partial charge in [0.2, 0.25) is 15.9 Å². The van der Waals surface area contributed by atoms with Gasteiger partial charge in [0.1, 0.15) is 30.0 Å². The first-order chi connectivity index (χ1) is 25.9. The summed E-state index contributed by atoms with van der Waals surface area (Å²) in [6.07, 6.45) is 1.55. The molecule has 0 unspecified atom stereocenters. The van der Waals surface area contributed by atoms with Gasteiger partial charge in [-0.25, -0.2) is 17.5 Å². The van der Waals surface area contributed by atoms with E-state index in [0.29, 0.717) is 35.2 Å². The molecule has 1 heterocycles. The second-order valence-corrected chi connectivity index (χ2v) is 16.3. The van der Waals surface area contributed by atoms with Crippen LogP contribution in [0.3, 0.4) is 0 Å². The van der Waals surface area contributed by atoms with Gasteiger partial charge < -0.3 is 18.6 Å². The molecule has 1 aliphatic rings. The number of sulfonamides is 1. The van der Waals surface area contributed by atoms with Gasteiger partial charge in [0.25, 0.3) is 0 Å². The molecule has 11 nitrogen and oxygen atoms in total. The lowest BCUT2D eigenvalue weighted by Gasteiger charge is -2.48. The number of benzene rings is 4. The van der Waals surface area contributed by atoms with Crippen LogP contribution in [0.15, 0.2) is 97.1 Å². The third-order valence-electron chi connectivity index (χ3n) is 8.76. The Balaban J connectivity index is 1.50. The van der Waals surface area contributed by atoms with Crippen LogP contribution in [-0.2, 0) is 47.5 Å². The third-order valence-corrected chi connectivity index (χ3v) is 10.5. The number of aryl methyl sites for hydroxylation is 1. The molecular formula is C38H38F4N2O9S2. The minimum Gasteiger partial charge on any atom is -0.488 e. The van der Waals surface area contributed by atoms with Crippen molar-refractivity contribution >= 4 is 37.7 Å². The predicted molar refractivity (Wildman–Crippen MR) is 194 cm³/mol. The molecule has 0 saturated carbocycles. The molecule has 4 aromatic rings. The van der Waals surface area contributed by atoms with E-state index in [9.17, 15) is 44.0 Å². The molecule has 0 spiro atoms. The van der Waals surface area contributed by atoms with Gasteiger partial charge in [0.15, 0.2) is 0 Å². The number of carbonyl (C=O) groups excluding carboxylic acids is 2. The van der Waals surface area contributed by atoms with E-state index in [0.717, 1.165) is 24.0 Å². The number of rotatable bonds is 17. The zero-order chi connectivity index (χ0) is 40.0. The molecule has 0 aliphatic carbocycles. The molecule has 0 radical (unpaired) electrons. The Morgan fingerprint density at radius 2 is 1.58 bits per heavy atom. The summed E-state index contributed by atoms with van der Waals surface area (Å²) in [6.45, 7) is 1.38. The van der Waals surface area contributed by atoms with Crippen molar-refractivity contribution in [2.24, 2.45) is 5.92 Å². The van der Waals surface area contributed by atoms with Crippen LogP contribution in [0.1, 0.15) is 60.6 Å². The van der Waals surface area contributed by atoms with Gasteiger partial charge in [-0.05, 0) is 78.8 Å². The fourth-order valence-electron chi connectivity index (χ4n) is 6.19. The highest BCUT2D eigenvalue weighted by Crippen LogP contribution is 2.50. The minimum absolute atomic E-state index is 0.0451. The second-order valence-electron chi connectivity index (χ2n) is 12.9. The van der Waals surface area contributed by atoms with Crippen LogP contribution in [0.4, 0.5) is 23.2 Å². The number of carbonyl (C=O) groups is 2. The van der Waals surface area contributed by atoms with Crippen molar-refractivity contribution in [1.29, 1.82) is 0 Å². The molecule has 5 rings (SSSR count). The monoisotopic (exact) mass is 806 g/mol. The normalized spacial score (nSPS) is 16.6. The highest BCUT2D eigenvalue weighted by atomic mass is 32.2. The highest BCUT2D eigenvalue weighted by Gasteiger charge is 2.51. The maximum atomic E-state index is 14.0. The fraction of sp³-hybridized carbons (Fsp3) is 0.316. The Bertz CT molecular complexity index is 2190. The molecule has 1 saturated heterocycles. The van der Waals surface area contributed by atoms with Gasteiger partial charge in [0.05, 0.1) is 18.2 Å². The summed E-state index contributed by atoms with van der Waals surface area (Å²) in [5.41, 5.74) is -2.85. The van der Waals surface area contributed by atoms with Crippen molar-refractivity contribution in [2.75, 3.05) is 17.7 Å². The van der Waals surface area contributed by atoms with Crippen molar-refractivity contribution < 1.29 is 57.6 Å². The summed E-state index contributed by atoms with van der Waals surface area (Å²) in [7, 11) is -9.37. The van der Waals surface area contributed by atoms with Crippen LogP contribution in [-0.4, -0.2) is 47.0 Å². The van der Waals surface area contributed by atoms with Gasteiger partial charge in [-0.2, -0.15) is 21.6 Å². The SMILES string of the molecule is CC(=O)O[C@@H](CC[C@H]1C(=O)N(c2ccc(CCCNS(C)(=O)=O)cc2)[C@@H]1c1ccc(OS(=O)(=O)C(F)(F)F)cc1OCc1ccccc1)c1ccc(F)cc1. The Hall–Kier alpha value is -5.00. The van der Waals surface area contributed by atoms with Crippen LogP contribution >= 0.6 is 0 Å². The summed E-state index contributed by atoms with van der Waals surface area (Å²) in [4.78, 5) is 27.6. The first-order valence-electron chi connectivity index (χ1n) is 17.0. The first kappa shape index (κ1) is 41.2. The van der Waals surface area contributed by atoms with E-state index in [4.69, 9.17) is 9.47 Å². The second kappa shape index (κ2) is 17.2. The van der Waals surface area contributed by atoms with Gasteiger partial charge in [-0.15, -0.1) is 0 Å². The topological polar surface area (TPSA) is 145 Å². The maximum Gasteiger partial charge on any atom is 0.534 e. The van der Waals surface area contributed by atoms with Gasteiger partial charge >= 0.3 is 21.6 Å². The Morgan fingerprint density at radius 3 is 2.20 bits per heavy atom. The van der Waals surface area contributed by atoms with E-state index in [2.05, 4.69) is 8.91 Å². The van der Waals surface area contributed by atoms with E-state index < -0.39 is 61.2 Å². The molecule has 4 aromatic carbocycles. The number of alkyl halides is 3. The molecule has 1 aliphatic heterocycles. The number of hydrogen-bond acceptors (Lipinski definition) is 9. The molecule has 0 bridgehead atoms. The quantitative estimate of drug-likeness (QED) is 0.0301. The van der Waals surface area contributed by atoms with Crippen molar-refractivity contribution in [3.8, 4) is 11.5 Å². The number of hydrogen-bond donors (Lipinski definition) is 1. The number of β-lactam (4-membered cyclic amide) rings is 1. The van der Waals surface area contributed by atoms with Crippen LogP contribution in [0, 0.1) is 11.7 Å². The van der Waals surface area contributed by atoms with Crippen LogP contribution in [0.2, 0.25) is 0 Å². The standard InChI is InChI=1S/C38H38F4N2O9S2/c1-25(45)52-34(28-12-14-29(39)15-13-28)21-20-33-36(44(37(33)46)30-16-10-26(11-17-30)9-6-22-43-54(2,47)48)32-19-18-31(53-55(49,50)38(40,41)42)23-35(32)51-24-27-7-4-3-5-8-27/h3-5,7-8,10-19,23,33-34,36,43H,6,9,20-22,24H2,1-2H3/t33-,34+,36-/m1/s1.